The zero-order chi connectivity index (χ0) is 23.0. The summed E-state index contributed by atoms with van der Waals surface area (Å²) in [4.78, 5) is 29.5. The van der Waals surface area contributed by atoms with Crippen LogP contribution in [0.15, 0.2) is 36.5 Å². The van der Waals surface area contributed by atoms with Gasteiger partial charge in [-0.1, -0.05) is 19.9 Å². The summed E-state index contributed by atoms with van der Waals surface area (Å²) in [5, 5.41) is 2.95. The number of carbonyl (C=O) groups excluding carboxylic acids is 2. The number of aromatic nitrogens is 1. The summed E-state index contributed by atoms with van der Waals surface area (Å²) in [6, 6.07) is 9.49. The first-order chi connectivity index (χ1) is 14.7. The van der Waals surface area contributed by atoms with Crippen LogP contribution < -0.4 is 5.32 Å². The maximum absolute atomic E-state index is 13.2. The van der Waals surface area contributed by atoms with Crippen LogP contribution >= 0.6 is 0 Å². The molecule has 7 nitrogen and oxygen atoms in total. The number of rotatable bonds is 10. The Morgan fingerprint density at radius 1 is 1.13 bits per heavy atom. The van der Waals surface area contributed by atoms with E-state index in [9.17, 15) is 9.59 Å². The molecule has 0 fully saturated rings. The van der Waals surface area contributed by atoms with Crippen molar-refractivity contribution in [2.45, 2.75) is 34.2 Å². The van der Waals surface area contributed by atoms with Crippen molar-refractivity contribution < 1.29 is 14.3 Å². The molecular weight excluding hydrogens is 392 g/mol. The highest BCUT2D eigenvalue weighted by Gasteiger charge is 2.23. The smallest absolute Gasteiger partial charge is 0.322 e. The molecule has 170 valence electrons. The number of nitrogens with one attached hydrogen (secondary N) is 1. The normalized spacial score (nSPS) is 10.9. The van der Waals surface area contributed by atoms with Gasteiger partial charge in [-0.25, -0.2) is 4.79 Å². The third kappa shape index (κ3) is 7.43. The van der Waals surface area contributed by atoms with E-state index in [0.717, 1.165) is 16.9 Å². The molecule has 31 heavy (non-hydrogen) atoms. The van der Waals surface area contributed by atoms with Gasteiger partial charge in [-0.15, -0.1) is 0 Å². The summed E-state index contributed by atoms with van der Waals surface area (Å²) in [6.45, 7) is 10.0. The molecule has 0 unspecified atom stereocenters. The van der Waals surface area contributed by atoms with E-state index in [2.05, 4.69) is 5.32 Å². The molecule has 0 spiro atoms. The van der Waals surface area contributed by atoms with E-state index in [-0.39, 0.29) is 24.4 Å². The molecule has 0 atom stereocenters. The lowest BCUT2D eigenvalue weighted by atomic mass is 10.1. The summed E-state index contributed by atoms with van der Waals surface area (Å²) < 4.78 is 7.19. The second-order valence-electron chi connectivity index (χ2n) is 8.42. The molecular formula is C24H36N4O3. The Morgan fingerprint density at radius 3 is 2.45 bits per heavy atom. The van der Waals surface area contributed by atoms with Crippen molar-refractivity contribution in [2.75, 3.05) is 38.7 Å². The fourth-order valence-electron chi connectivity index (χ4n) is 3.29. The fourth-order valence-corrected chi connectivity index (χ4v) is 3.29. The minimum atomic E-state index is -0.268. The van der Waals surface area contributed by atoms with Crippen molar-refractivity contribution in [1.82, 2.24) is 14.4 Å². The number of amides is 3. The third-order valence-electron chi connectivity index (χ3n) is 5.28. The average molecular weight is 429 g/mol. The Hall–Kier alpha value is -2.80. The number of nitrogens with zero attached hydrogens (tertiary/aromatic N) is 3. The van der Waals surface area contributed by atoms with Crippen molar-refractivity contribution in [3.63, 3.8) is 0 Å². The van der Waals surface area contributed by atoms with Gasteiger partial charge in [0.15, 0.2) is 0 Å². The van der Waals surface area contributed by atoms with Crippen molar-refractivity contribution >= 4 is 17.6 Å². The highest BCUT2D eigenvalue weighted by molar-refractivity contribution is 5.92. The predicted molar refractivity (Wildman–Crippen MR) is 124 cm³/mol. The van der Waals surface area contributed by atoms with Gasteiger partial charge in [-0.3, -0.25) is 4.79 Å². The lowest BCUT2D eigenvalue weighted by molar-refractivity contribution is -0.133. The number of hydrogen-bond donors (Lipinski definition) is 1. The standard InChI is InChI=1S/C24H36N4O3/c1-18(2)15-28(24(30)25-21-10-9-19(3)20(4)14-21)17-23(29)27(12-13-31-6)16-22-8-7-11-26(22)5/h7-11,14,18H,12-13,15-17H2,1-6H3,(H,25,30). The molecule has 1 aromatic heterocycles. The van der Waals surface area contributed by atoms with Gasteiger partial charge in [0, 0.05) is 44.8 Å². The van der Waals surface area contributed by atoms with Crippen molar-refractivity contribution in [3.8, 4) is 0 Å². The van der Waals surface area contributed by atoms with E-state index in [1.165, 1.54) is 5.56 Å². The molecule has 0 saturated heterocycles. The Kier molecular flexibility index (Phi) is 9.12. The fraction of sp³-hybridized carbons (Fsp3) is 0.500. The predicted octanol–water partition coefficient (Wildman–Crippen LogP) is 3.81. The van der Waals surface area contributed by atoms with Gasteiger partial charge in [0.25, 0.3) is 0 Å². The number of urea groups is 1. The molecule has 0 aliphatic rings. The molecule has 0 aliphatic heterocycles. The lowest BCUT2D eigenvalue weighted by Gasteiger charge is -2.29. The van der Waals surface area contributed by atoms with Crippen LogP contribution in [0.25, 0.3) is 0 Å². The zero-order valence-corrected chi connectivity index (χ0v) is 19.6. The van der Waals surface area contributed by atoms with Gasteiger partial charge < -0.3 is 24.4 Å². The monoisotopic (exact) mass is 428 g/mol. The number of carbonyl (C=O) groups is 2. The van der Waals surface area contributed by atoms with Crippen LogP contribution in [0.5, 0.6) is 0 Å². The molecule has 0 saturated carbocycles. The first kappa shape index (κ1) is 24.5. The quantitative estimate of drug-likeness (QED) is 0.626. The number of hydrogen-bond acceptors (Lipinski definition) is 3. The highest BCUT2D eigenvalue weighted by Crippen LogP contribution is 2.15. The van der Waals surface area contributed by atoms with Gasteiger partial charge in [-0.2, -0.15) is 0 Å². The summed E-state index contributed by atoms with van der Waals surface area (Å²) >= 11 is 0. The van der Waals surface area contributed by atoms with E-state index in [1.807, 2.05) is 75.8 Å². The summed E-state index contributed by atoms with van der Waals surface area (Å²) in [5.74, 6) is 0.132. The molecule has 2 aromatic rings. The molecule has 0 radical (unpaired) electrons. The maximum Gasteiger partial charge on any atom is 0.322 e. The van der Waals surface area contributed by atoms with Crippen LogP contribution in [0.2, 0.25) is 0 Å². The summed E-state index contributed by atoms with van der Waals surface area (Å²) in [6.07, 6.45) is 1.95. The van der Waals surface area contributed by atoms with Gasteiger partial charge in [-0.05, 0) is 55.2 Å². The third-order valence-corrected chi connectivity index (χ3v) is 5.28. The largest absolute Gasteiger partial charge is 0.383 e. The Bertz CT molecular complexity index is 875. The van der Waals surface area contributed by atoms with Crippen LogP contribution in [0.1, 0.15) is 30.7 Å². The van der Waals surface area contributed by atoms with E-state index in [0.29, 0.717) is 26.2 Å². The van der Waals surface area contributed by atoms with Gasteiger partial charge in [0.1, 0.15) is 6.54 Å². The van der Waals surface area contributed by atoms with E-state index < -0.39 is 0 Å². The molecule has 0 bridgehead atoms. The molecule has 1 N–H and O–H groups in total. The van der Waals surface area contributed by atoms with Gasteiger partial charge >= 0.3 is 6.03 Å². The maximum atomic E-state index is 13.2. The molecule has 0 aliphatic carbocycles. The topological polar surface area (TPSA) is 66.8 Å². The second-order valence-corrected chi connectivity index (χ2v) is 8.42. The average Bonchev–Trinajstić information content (AvgIpc) is 3.11. The Balaban J connectivity index is 2.13. The Labute approximate surface area is 186 Å². The highest BCUT2D eigenvalue weighted by atomic mass is 16.5. The first-order valence-corrected chi connectivity index (χ1v) is 10.7. The van der Waals surface area contributed by atoms with Crippen LogP contribution in [0.4, 0.5) is 10.5 Å². The lowest BCUT2D eigenvalue weighted by Crippen LogP contribution is -2.46. The molecule has 1 aromatic carbocycles. The first-order valence-electron chi connectivity index (χ1n) is 10.7. The molecule has 7 heteroatoms. The minimum absolute atomic E-state index is 0.0169. The van der Waals surface area contributed by atoms with Crippen LogP contribution in [0.3, 0.4) is 0 Å². The number of methoxy groups -OCH3 is 1. The van der Waals surface area contributed by atoms with E-state index in [4.69, 9.17) is 4.74 Å². The summed E-state index contributed by atoms with van der Waals surface area (Å²) in [5.41, 5.74) is 4.04. The molecule has 1 heterocycles. The van der Waals surface area contributed by atoms with Crippen molar-refractivity contribution in [3.05, 3.63) is 53.3 Å². The van der Waals surface area contributed by atoms with Crippen molar-refractivity contribution in [2.24, 2.45) is 13.0 Å². The van der Waals surface area contributed by atoms with Crippen molar-refractivity contribution in [1.29, 1.82) is 0 Å². The zero-order valence-electron chi connectivity index (χ0n) is 19.6. The van der Waals surface area contributed by atoms with Gasteiger partial charge in [0.2, 0.25) is 5.91 Å². The Morgan fingerprint density at radius 2 is 1.87 bits per heavy atom. The molecule has 2 rings (SSSR count). The van der Waals surface area contributed by atoms with E-state index >= 15 is 0 Å². The SMILES string of the molecule is COCCN(Cc1cccn1C)C(=O)CN(CC(C)C)C(=O)Nc1ccc(C)c(C)c1. The second kappa shape index (κ2) is 11.6. The van der Waals surface area contributed by atoms with Gasteiger partial charge in [0.05, 0.1) is 13.2 Å². The number of aryl methyl sites for hydroxylation is 3. The van der Waals surface area contributed by atoms with Crippen LogP contribution in [-0.2, 0) is 23.1 Å². The van der Waals surface area contributed by atoms with Crippen LogP contribution in [-0.4, -0.2) is 59.7 Å². The number of ether oxygens (including phenoxy) is 1. The number of anilines is 1. The minimum Gasteiger partial charge on any atom is -0.383 e. The number of benzene rings is 1. The molecule has 3 amide bonds. The van der Waals surface area contributed by atoms with E-state index in [1.54, 1.807) is 16.9 Å². The van der Waals surface area contributed by atoms with Crippen LogP contribution in [0, 0.1) is 19.8 Å². The summed E-state index contributed by atoms with van der Waals surface area (Å²) in [7, 11) is 3.57.